The van der Waals surface area contributed by atoms with Gasteiger partial charge in [-0.15, -0.1) is 11.3 Å². The fourth-order valence-corrected chi connectivity index (χ4v) is 5.18. The number of likely N-dealkylation sites (N-methyl/N-ethyl adjacent to an activating group) is 1. The molecule has 0 saturated carbocycles. The number of anilines is 1. The van der Waals surface area contributed by atoms with Gasteiger partial charge in [0.15, 0.2) is 0 Å². The highest BCUT2D eigenvalue weighted by Crippen LogP contribution is 2.22. The Morgan fingerprint density at radius 3 is 2.55 bits per heavy atom. The van der Waals surface area contributed by atoms with E-state index >= 15 is 0 Å². The van der Waals surface area contributed by atoms with Gasteiger partial charge in [0.1, 0.15) is 10.0 Å². The zero-order chi connectivity index (χ0) is 20.4. The van der Waals surface area contributed by atoms with Crippen LogP contribution in [0.1, 0.15) is 0 Å². The Morgan fingerprint density at radius 2 is 1.86 bits per heavy atom. The predicted molar refractivity (Wildman–Crippen MR) is 114 cm³/mol. The highest BCUT2D eigenvalue weighted by molar-refractivity contribution is 7.91. The van der Waals surface area contributed by atoms with Crippen LogP contribution in [0, 0.1) is 0 Å². The van der Waals surface area contributed by atoms with Crippen molar-refractivity contribution in [2.75, 3.05) is 18.9 Å². The first-order valence-corrected chi connectivity index (χ1v) is 11.1. The largest absolute Gasteiger partial charge is 0.338 e. The van der Waals surface area contributed by atoms with Gasteiger partial charge in [-0.2, -0.15) is 4.31 Å². The summed E-state index contributed by atoms with van der Waals surface area (Å²) in [7, 11) is -2.27. The summed E-state index contributed by atoms with van der Waals surface area (Å²) in [5.41, 5.74) is 3.30. The number of hydrogen-bond acceptors (Lipinski definition) is 5. The number of rotatable bonds is 6. The van der Waals surface area contributed by atoms with E-state index in [0.29, 0.717) is 5.69 Å². The number of nitrogens with one attached hydrogen (secondary N) is 2. The van der Waals surface area contributed by atoms with Crippen LogP contribution in [0.4, 0.5) is 5.69 Å². The molecule has 0 bridgehead atoms. The number of imidazole rings is 1. The Kier molecular flexibility index (Phi) is 5.18. The van der Waals surface area contributed by atoms with Gasteiger partial charge in [0.05, 0.1) is 17.6 Å². The minimum absolute atomic E-state index is 0.211. The Balaban J connectivity index is 1.42. The number of H-pyrrole nitrogens is 1. The van der Waals surface area contributed by atoms with Crippen LogP contribution in [0.5, 0.6) is 0 Å². The molecule has 1 amide bonds. The third kappa shape index (κ3) is 4.07. The van der Waals surface area contributed by atoms with E-state index in [1.54, 1.807) is 23.6 Å². The summed E-state index contributed by atoms with van der Waals surface area (Å²) in [6.45, 7) is -0.272. The summed E-state index contributed by atoms with van der Waals surface area (Å²) >= 11 is 1.12. The quantitative estimate of drug-likeness (QED) is 0.493. The van der Waals surface area contributed by atoms with Crippen LogP contribution < -0.4 is 5.32 Å². The van der Waals surface area contributed by atoms with Gasteiger partial charge in [-0.05, 0) is 47.8 Å². The van der Waals surface area contributed by atoms with Crippen molar-refractivity contribution in [2.24, 2.45) is 0 Å². The molecule has 0 saturated heterocycles. The molecule has 29 heavy (non-hydrogen) atoms. The topological polar surface area (TPSA) is 95.2 Å². The lowest BCUT2D eigenvalue weighted by molar-refractivity contribution is -0.116. The Hall–Kier alpha value is -3.01. The van der Waals surface area contributed by atoms with Crippen molar-refractivity contribution in [1.29, 1.82) is 0 Å². The predicted octanol–water partition coefficient (Wildman–Crippen LogP) is 3.55. The molecule has 0 aliphatic rings. The molecule has 2 aromatic heterocycles. The first kappa shape index (κ1) is 19.3. The van der Waals surface area contributed by atoms with E-state index in [0.717, 1.165) is 38.1 Å². The number of para-hydroxylation sites is 2. The van der Waals surface area contributed by atoms with Crippen molar-refractivity contribution in [3.8, 4) is 11.4 Å². The zero-order valence-corrected chi connectivity index (χ0v) is 17.1. The number of carbonyl (C=O) groups is 1. The summed E-state index contributed by atoms with van der Waals surface area (Å²) in [5.74, 6) is 0.329. The van der Waals surface area contributed by atoms with E-state index < -0.39 is 15.9 Å². The summed E-state index contributed by atoms with van der Waals surface area (Å²) < 4.78 is 26.1. The minimum Gasteiger partial charge on any atom is -0.338 e. The SMILES string of the molecule is CN(CC(=O)Nc1ccc(-c2nc3ccccc3[nH]2)cc1)S(=O)(=O)c1cccs1. The van der Waals surface area contributed by atoms with Crippen LogP contribution in [0.2, 0.25) is 0 Å². The lowest BCUT2D eigenvalue weighted by Gasteiger charge is -2.15. The number of sulfonamides is 1. The zero-order valence-electron chi connectivity index (χ0n) is 15.5. The van der Waals surface area contributed by atoms with Crippen LogP contribution in [-0.4, -0.2) is 42.2 Å². The van der Waals surface area contributed by atoms with Crippen molar-refractivity contribution in [1.82, 2.24) is 14.3 Å². The van der Waals surface area contributed by atoms with E-state index in [4.69, 9.17) is 0 Å². The molecule has 4 aromatic rings. The van der Waals surface area contributed by atoms with E-state index in [1.807, 2.05) is 36.4 Å². The first-order chi connectivity index (χ1) is 13.9. The molecule has 2 heterocycles. The summed E-state index contributed by atoms with van der Waals surface area (Å²) in [4.78, 5) is 20.1. The number of aromatic nitrogens is 2. The van der Waals surface area contributed by atoms with Crippen molar-refractivity contribution < 1.29 is 13.2 Å². The lowest BCUT2D eigenvalue weighted by Crippen LogP contribution is -2.34. The van der Waals surface area contributed by atoms with Crippen molar-refractivity contribution in [2.45, 2.75) is 4.21 Å². The molecular formula is C20H18N4O3S2. The Morgan fingerprint density at radius 1 is 1.10 bits per heavy atom. The average Bonchev–Trinajstić information content (AvgIpc) is 3.38. The molecule has 0 fully saturated rings. The highest BCUT2D eigenvalue weighted by atomic mass is 32.2. The van der Waals surface area contributed by atoms with Gasteiger partial charge in [0, 0.05) is 18.3 Å². The third-order valence-corrected chi connectivity index (χ3v) is 7.53. The molecule has 0 atom stereocenters. The van der Waals surface area contributed by atoms with Gasteiger partial charge in [0.25, 0.3) is 10.0 Å². The van der Waals surface area contributed by atoms with E-state index in [-0.39, 0.29) is 10.8 Å². The number of carbonyl (C=O) groups excluding carboxylic acids is 1. The number of nitrogens with zero attached hydrogens (tertiary/aromatic N) is 2. The molecule has 7 nitrogen and oxygen atoms in total. The van der Waals surface area contributed by atoms with Crippen LogP contribution in [-0.2, 0) is 14.8 Å². The maximum absolute atomic E-state index is 12.4. The average molecular weight is 427 g/mol. The minimum atomic E-state index is -3.66. The van der Waals surface area contributed by atoms with Gasteiger partial charge in [0.2, 0.25) is 5.91 Å². The Bertz CT molecular complexity index is 1210. The van der Waals surface area contributed by atoms with Gasteiger partial charge >= 0.3 is 0 Å². The summed E-state index contributed by atoms with van der Waals surface area (Å²) in [6, 6.07) is 18.2. The Labute approximate surface area is 172 Å². The first-order valence-electron chi connectivity index (χ1n) is 8.78. The lowest BCUT2D eigenvalue weighted by atomic mass is 10.2. The van der Waals surface area contributed by atoms with Gasteiger partial charge < -0.3 is 10.3 Å². The third-order valence-electron chi connectivity index (χ3n) is 4.36. The van der Waals surface area contributed by atoms with Crippen LogP contribution in [0.3, 0.4) is 0 Å². The molecule has 2 aromatic carbocycles. The monoisotopic (exact) mass is 426 g/mol. The maximum Gasteiger partial charge on any atom is 0.252 e. The van der Waals surface area contributed by atoms with E-state index in [1.165, 1.54) is 13.1 Å². The van der Waals surface area contributed by atoms with Crippen molar-refractivity contribution in [3.63, 3.8) is 0 Å². The molecular weight excluding hydrogens is 408 g/mol. The van der Waals surface area contributed by atoms with Gasteiger partial charge in [-0.1, -0.05) is 18.2 Å². The summed E-state index contributed by atoms with van der Waals surface area (Å²) in [5, 5.41) is 4.41. The number of benzene rings is 2. The van der Waals surface area contributed by atoms with E-state index in [2.05, 4.69) is 15.3 Å². The van der Waals surface area contributed by atoms with Crippen LogP contribution in [0.15, 0.2) is 70.3 Å². The number of amides is 1. The number of hydrogen-bond donors (Lipinski definition) is 2. The molecule has 148 valence electrons. The number of fused-ring (bicyclic) bond motifs is 1. The van der Waals surface area contributed by atoms with Crippen LogP contribution in [0.25, 0.3) is 22.4 Å². The number of thiophene rings is 1. The number of aromatic amines is 1. The molecule has 0 unspecified atom stereocenters. The fourth-order valence-electron chi connectivity index (χ4n) is 2.85. The maximum atomic E-state index is 12.4. The van der Waals surface area contributed by atoms with Gasteiger partial charge in [-0.25, -0.2) is 13.4 Å². The molecule has 2 N–H and O–H groups in total. The molecule has 0 radical (unpaired) electrons. The summed E-state index contributed by atoms with van der Waals surface area (Å²) in [6.07, 6.45) is 0. The standard InChI is InChI=1S/C20H18N4O3S2/c1-24(29(26,27)19-7-4-12-28-19)13-18(25)21-15-10-8-14(9-11-15)20-22-16-5-2-3-6-17(16)23-20/h2-12H,13H2,1H3,(H,21,25)(H,22,23). The highest BCUT2D eigenvalue weighted by Gasteiger charge is 2.23. The second-order valence-corrected chi connectivity index (χ2v) is 9.64. The second-order valence-electron chi connectivity index (χ2n) is 6.42. The van der Waals surface area contributed by atoms with Crippen molar-refractivity contribution >= 4 is 44.0 Å². The van der Waals surface area contributed by atoms with Crippen molar-refractivity contribution in [3.05, 3.63) is 66.0 Å². The van der Waals surface area contributed by atoms with Gasteiger partial charge in [-0.3, -0.25) is 4.79 Å². The molecule has 0 spiro atoms. The molecule has 9 heteroatoms. The smallest absolute Gasteiger partial charge is 0.252 e. The fraction of sp³-hybridized carbons (Fsp3) is 0.100. The molecule has 4 rings (SSSR count). The van der Waals surface area contributed by atoms with E-state index in [9.17, 15) is 13.2 Å². The molecule has 0 aliphatic heterocycles. The molecule has 0 aliphatic carbocycles. The van der Waals surface area contributed by atoms with Crippen LogP contribution >= 0.6 is 11.3 Å². The normalized spacial score (nSPS) is 11.8. The second kappa shape index (κ2) is 7.78.